The summed E-state index contributed by atoms with van der Waals surface area (Å²) in [7, 11) is 0. The van der Waals surface area contributed by atoms with E-state index in [2.05, 4.69) is 0 Å². The van der Waals surface area contributed by atoms with E-state index < -0.39 is 17.7 Å². The van der Waals surface area contributed by atoms with Crippen molar-refractivity contribution < 1.29 is 24.2 Å². The van der Waals surface area contributed by atoms with Gasteiger partial charge in [0, 0.05) is 11.2 Å². The topological polar surface area (TPSA) is 76.1 Å². The Bertz CT molecular complexity index is 698. The van der Waals surface area contributed by atoms with Crippen molar-refractivity contribution in [3.8, 4) is 5.75 Å². The number of carboxylic acids is 1. The predicted molar refractivity (Wildman–Crippen MR) is 93.3 cm³/mol. The maximum atomic E-state index is 12.0. The van der Waals surface area contributed by atoms with E-state index in [0.29, 0.717) is 23.8 Å². The number of hydrogen-bond acceptors (Lipinski definition) is 5. The molecule has 1 aliphatic heterocycles. The number of benzene rings is 1. The van der Waals surface area contributed by atoms with Gasteiger partial charge in [0.1, 0.15) is 17.9 Å². The third kappa shape index (κ3) is 4.54. The normalized spacial score (nSPS) is 19.3. The highest BCUT2D eigenvalue weighted by Gasteiger charge is 2.42. The summed E-state index contributed by atoms with van der Waals surface area (Å²) in [4.78, 5) is 25.2. The Hall–Kier alpha value is -2.47. The second kappa shape index (κ2) is 8.07. The summed E-state index contributed by atoms with van der Waals surface area (Å²) >= 11 is 5.87. The van der Waals surface area contributed by atoms with E-state index in [4.69, 9.17) is 21.1 Å². The second-order valence-corrected chi connectivity index (χ2v) is 6.05. The van der Waals surface area contributed by atoms with Crippen LogP contribution in [0.15, 0.2) is 48.2 Å². The Morgan fingerprint density at radius 2 is 1.96 bits per heavy atom. The van der Waals surface area contributed by atoms with E-state index in [1.807, 2.05) is 6.92 Å². The molecule has 2 rings (SSSR count). The molecule has 0 amide bonds. The lowest BCUT2D eigenvalue weighted by atomic mass is 9.99. The molecule has 1 heterocycles. The van der Waals surface area contributed by atoms with E-state index in [1.165, 1.54) is 11.0 Å². The number of nitrogens with zero attached hydrogens (tertiary/aromatic N) is 1. The molecule has 1 aromatic carbocycles. The zero-order chi connectivity index (χ0) is 18.4. The molecule has 1 N–H and O–H groups in total. The zero-order valence-corrected chi connectivity index (χ0v) is 14.8. The third-order valence-electron chi connectivity index (χ3n) is 3.70. The average molecular weight is 366 g/mol. The fourth-order valence-electron chi connectivity index (χ4n) is 2.41. The maximum absolute atomic E-state index is 12.0. The van der Waals surface area contributed by atoms with Crippen molar-refractivity contribution >= 4 is 23.5 Å². The summed E-state index contributed by atoms with van der Waals surface area (Å²) < 4.78 is 11.0. The first kappa shape index (κ1) is 18.9. The Labute approximate surface area is 151 Å². The third-order valence-corrected chi connectivity index (χ3v) is 3.96. The highest BCUT2D eigenvalue weighted by molar-refractivity contribution is 6.30. The maximum Gasteiger partial charge on any atom is 0.337 e. The number of hydrogen-bond donors (Lipinski definition) is 1. The number of carboxylic acid groups (broad SMARTS) is 1. The summed E-state index contributed by atoms with van der Waals surface area (Å²) in [6, 6.07) is 6.56. The van der Waals surface area contributed by atoms with Gasteiger partial charge in [0.2, 0.25) is 5.72 Å². The Morgan fingerprint density at radius 3 is 2.56 bits per heavy atom. The summed E-state index contributed by atoms with van der Waals surface area (Å²) in [6.07, 6.45) is 5.33. The van der Waals surface area contributed by atoms with Gasteiger partial charge < -0.3 is 19.5 Å². The van der Waals surface area contributed by atoms with Gasteiger partial charge >= 0.3 is 11.9 Å². The van der Waals surface area contributed by atoms with Crippen molar-refractivity contribution in [2.24, 2.45) is 0 Å². The van der Waals surface area contributed by atoms with Crippen LogP contribution in [-0.2, 0) is 14.3 Å². The molecule has 1 aliphatic rings. The predicted octanol–water partition coefficient (Wildman–Crippen LogP) is 3.23. The number of allylic oxidation sites excluding steroid dienone is 2. The summed E-state index contributed by atoms with van der Waals surface area (Å²) in [5.41, 5.74) is -1.37. The van der Waals surface area contributed by atoms with Gasteiger partial charge in [0.05, 0.1) is 6.61 Å². The number of ether oxygens (including phenoxy) is 2. The van der Waals surface area contributed by atoms with E-state index in [9.17, 15) is 14.7 Å². The molecule has 1 unspecified atom stereocenters. The van der Waals surface area contributed by atoms with Gasteiger partial charge in [-0.15, -0.1) is 0 Å². The van der Waals surface area contributed by atoms with E-state index in [1.54, 1.807) is 43.5 Å². The number of carbonyl (C=O) groups is 2. The Morgan fingerprint density at radius 1 is 1.28 bits per heavy atom. The first-order valence-electron chi connectivity index (χ1n) is 7.86. The van der Waals surface area contributed by atoms with Crippen LogP contribution in [0.4, 0.5) is 0 Å². The lowest BCUT2D eigenvalue weighted by molar-refractivity contribution is -0.150. The van der Waals surface area contributed by atoms with Crippen LogP contribution in [0.3, 0.4) is 0 Å². The van der Waals surface area contributed by atoms with Crippen molar-refractivity contribution in [3.05, 3.63) is 53.2 Å². The van der Waals surface area contributed by atoms with E-state index >= 15 is 0 Å². The smallest absolute Gasteiger partial charge is 0.337 e. The standard InChI is InChI=1S/C18H20ClNO5/c1-3-11-24-16(21)12-20-10-4-5-15(17(22)23)18(20,2)25-14-8-6-13(19)7-9-14/h4-10H,3,11-12H2,1-2H3,(H,22,23). The number of aliphatic carboxylic acids is 1. The van der Waals surface area contributed by atoms with Crippen molar-refractivity contribution in [2.75, 3.05) is 13.2 Å². The van der Waals surface area contributed by atoms with E-state index in [0.717, 1.165) is 0 Å². The number of carbonyl (C=O) groups excluding carboxylic acids is 1. The fraction of sp³-hybridized carbons (Fsp3) is 0.333. The van der Waals surface area contributed by atoms with Crippen LogP contribution in [-0.4, -0.2) is 40.8 Å². The molecule has 0 saturated heterocycles. The van der Waals surface area contributed by atoms with Crippen LogP contribution in [0, 0.1) is 0 Å². The quantitative estimate of drug-likeness (QED) is 0.747. The van der Waals surface area contributed by atoms with Gasteiger partial charge in [0.25, 0.3) is 0 Å². The summed E-state index contributed by atoms with van der Waals surface area (Å²) in [5.74, 6) is -1.15. The average Bonchev–Trinajstić information content (AvgIpc) is 2.56. The first-order chi connectivity index (χ1) is 11.9. The molecule has 1 atom stereocenters. The number of esters is 1. The fourth-order valence-corrected chi connectivity index (χ4v) is 2.54. The van der Waals surface area contributed by atoms with Gasteiger partial charge in [-0.05, 0) is 49.8 Å². The molecular weight excluding hydrogens is 346 g/mol. The van der Waals surface area contributed by atoms with Gasteiger partial charge in [-0.3, -0.25) is 4.79 Å². The van der Waals surface area contributed by atoms with Gasteiger partial charge in [0.15, 0.2) is 0 Å². The van der Waals surface area contributed by atoms with Crippen molar-refractivity contribution in [1.29, 1.82) is 0 Å². The van der Waals surface area contributed by atoms with Gasteiger partial charge in [-0.2, -0.15) is 0 Å². The van der Waals surface area contributed by atoms with Crippen molar-refractivity contribution in [3.63, 3.8) is 0 Å². The minimum absolute atomic E-state index is 0.00763. The Kier molecular flexibility index (Phi) is 6.09. The largest absolute Gasteiger partial charge is 0.478 e. The monoisotopic (exact) mass is 365 g/mol. The SMILES string of the molecule is CCCOC(=O)CN1C=CC=C(C(=O)O)C1(C)Oc1ccc(Cl)cc1. The van der Waals surface area contributed by atoms with Crippen LogP contribution >= 0.6 is 11.6 Å². The number of halogens is 1. The Balaban J connectivity index is 2.28. The molecule has 0 aromatic heterocycles. The second-order valence-electron chi connectivity index (χ2n) is 5.61. The van der Waals surface area contributed by atoms with E-state index in [-0.39, 0.29) is 12.1 Å². The molecular formula is C18H20ClNO5. The zero-order valence-electron chi connectivity index (χ0n) is 14.1. The molecule has 0 spiro atoms. The van der Waals surface area contributed by atoms with Crippen LogP contribution in [0.25, 0.3) is 0 Å². The molecule has 0 aliphatic carbocycles. The van der Waals surface area contributed by atoms with Crippen LogP contribution in [0.1, 0.15) is 20.3 Å². The van der Waals surface area contributed by atoms with Crippen LogP contribution in [0.5, 0.6) is 5.75 Å². The van der Waals surface area contributed by atoms with Crippen LogP contribution < -0.4 is 4.74 Å². The molecule has 0 bridgehead atoms. The highest BCUT2D eigenvalue weighted by atomic mass is 35.5. The molecule has 134 valence electrons. The molecule has 25 heavy (non-hydrogen) atoms. The lowest BCUT2D eigenvalue weighted by Crippen LogP contribution is -2.54. The van der Waals surface area contributed by atoms with Crippen molar-refractivity contribution in [2.45, 2.75) is 26.0 Å². The summed E-state index contributed by atoms with van der Waals surface area (Å²) in [5, 5.41) is 10.1. The number of rotatable bonds is 7. The molecule has 7 heteroatoms. The molecule has 0 fully saturated rings. The lowest BCUT2D eigenvalue weighted by Gasteiger charge is -2.41. The first-order valence-corrected chi connectivity index (χ1v) is 8.24. The van der Waals surface area contributed by atoms with Crippen molar-refractivity contribution in [1.82, 2.24) is 4.90 Å². The molecule has 6 nitrogen and oxygen atoms in total. The minimum Gasteiger partial charge on any atom is -0.478 e. The van der Waals surface area contributed by atoms with Gasteiger partial charge in [-0.25, -0.2) is 4.79 Å². The molecule has 0 radical (unpaired) electrons. The molecule has 1 aromatic rings. The highest BCUT2D eigenvalue weighted by Crippen LogP contribution is 2.32. The van der Waals surface area contributed by atoms with Crippen LogP contribution in [0.2, 0.25) is 5.02 Å². The summed E-state index contributed by atoms with van der Waals surface area (Å²) in [6.45, 7) is 3.67. The molecule has 0 saturated carbocycles. The van der Waals surface area contributed by atoms with Gasteiger partial charge in [-0.1, -0.05) is 18.5 Å². The minimum atomic E-state index is -1.38.